The van der Waals surface area contributed by atoms with Gasteiger partial charge in [-0.1, -0.05) is 0 Å². The second kappa shape index (κ2) is 3.33. The van der Waals surface area contributed by atoms with E-state index in [9.17, 15) is 14.4 Å². The average molecular weight is 183 g/mol. The summed E-state index contributed by atoms with van der Waals surface area (Å²) in [6.07, 6.45) is 0. The van der Waals surface area contributed by atoms with Crippen molar-refractivity contribution < 1.29 is 47.6 Å². The van der Waals surface area contributed by atoms with Gasteiger partial charge in [-0.25, -0.2) is 0 Å². The molecule has 10 heavy (non-hydrogen) atoms. The number of carbonyl (C=O) groups is 3. The van der Waals surface area contributed by atoms with E-state index in [1.807, 2.05) is 0 Å². The van der Waals surface area contributed by atoms with E-state index in [1.54, 1.807) is 0 Å². The third-order valence-electron chi connectivity index (χ3n) is 0.642. The van der Waals surface area contributed by atoms with Gasteiger partial charge in [0.2, 0.25) is 0 Å². The molecule has 0 fully saturated rings. The summed E-state index contributed by atoms with van der Waals surface area (Å²) < 4.78 is -5.12. The predicted molar refractivity (Wildman–Crippen MR) is 24.1 cm³/mol. The molecule has 0 aromatic rings. The van der Waals surface area contributed by atoms with Crippen LogP contribution in [0.15, 0.2) is 0 Å². The fourth-order valence-corrected chi connectivity index (χ4v) is 1.13. The summed E-state index contributed by atoms with van der Waals surface area (Å²) in [7, 11) is 0. The Bertz CT molecular complexity index is 152. The maximum atomic E-state index is 9.89. The zero-order valence-corrected chi connectivity index (χ0v) is 6.13. The monoisotopic (exact) mass is 183 g/mol. The van der Waals surface area contributed by atoms with Crippen LogP contribution in [0.25, 0.3) is 0 Å². The Morgan fingerprint density at radius 3 is 1.00 bits per heavy atom. The van der Waals surface area contributed by atoms with Gasteiger partial charge in [-0.2, -0.15) is 0 Å². The summed E-state index contributed by atoms with van der Waals surface area (Å²) in [5, 5.41) is 24.1. The molecule has 0 aliphatic rings. The Morgan fingerprint density at radius 1 is 0.800 bits per heavy atom. The second-order valence-corrected chi connectivity index (χ2v) is 4.47. The number of rotatable bonds is 3. The predicted octanol–water partition coefficient (Wildman–Crippen LogP) is 0.639. The van der Waals surface area contributed by atoms with Crippen molar-refractivity contribution in [3.63, 3.8) is 0 Å². The van der Waals surface area contributed by atoms with Gasteiger partial charge in [0.25, 0.3) is 0 Å². The molecule has 0 radical (unpaired) electrons. The van der Waals surface area contributed by atoms with Gasteiger partial charge < -0.3 is 0 Å². The Kier molecular flexibility index (Phi) is 3.04. The molecule has 0 aliphatic heterocycles. The van der Waals surface area contributed by atoms with E-state index in [0.717, 1.165) is 0 Å². The Hall–Kier alpha value is -0.876. The van der Waals surface area contributed by atoms with Gasteiger partial charge in [-0.15, -0.1) is 0 Å². The van der Waals surface area contributed by atoms with Crippen LogP contribution in [-0.2, 0) is 17.9 Å². The van der Waals surface area contributed by atoms with E-state index in [0.29, 0.717) is 0 Å². The number of hydrogen-bond acceptors (Lipinski definition) is 3. The summed E-state index contributed by atoms with van der Waals surface area (Å²) in [6.45, 7) is 0. The van der Waals surface area contributed by atoms with Gasteiger partial charge >= 0.3 is 60.4 Å². The summed E-state index contributed by atoms with van der Waals surface area (Å²) in [5.74, 6) is 0. The first-order valence-corrected chi connectivity index (χ1v) is 4.38. The van der Waals surface area contributed by atoms with Crippen molar-refractivity contribution in [1.29, 1.82) is 0 Å². The van der Waals surface area contributed by atoms with E-state index in [4.69, 9.17) is 15.3 Å². The molecule has 0 aromatic carbocycles. The first-order valence-electron chi connectivity index (χ1n) is 2.03. The molecule has 0 atom stereocenters. The molecule has 3 N–H and O–H groups in total. The fourth-order valence-electron chi connectivity index (χ4n) is 0.274. The van der Waals surface area contributed by atoms with Crippen molar-refractivity contribution in [2.24, 2.45) is 0 Å². The Labute approximate surface area is 60.9 Å². The van der Waals surface area contributed by atoms with Crippen molar-refractivity contribution in [1.82, 2.24) is 0 Å². The summed E-state index contributed by atoms with van der Waals surface area (Å²) >= 11 is -3.97. The molecule has 0 unspecified atom stereocenters. The van der Waals surface area contributed by atoms with Gasteiger partial charge in [0, 0.05) is 0 Å². The molecule has 0 saturated carbocycles. The number of carboxylic acid groups (broad SMARTS) is 3. The SMILES string of the molecule is O=[C](O)[Ti]([C](=O)O)[C](=O)O. The van der Waals surface area contributed by atoms with Gasteiger partial charge in [-0.3, -0.25) is 0 Å². The van der Waals surface area contributed by atoms with Crippen LogP contribution >= 0.6 is 0 Å². The van der Waals surface area contributed by atoms with Crippen LogP contribution in [0, 0.1) is 0 Å². The van der Waals surface area contributed by atoms with Gasteiger partial charge in [-0.05, 0) is 0 Å². The van der Waals surface area contributed by atoms with Gasteiger partial charge in [0.1, 0.15) is 0 Å². The molecule has 7 heteroatoms. The Morgan fingerprint density at radius 2 is 1.00 bits per heavy atom. The molecule has 6 nitrogen and oxygen atoms in total. The normalized spacial score (nSPS) is 8.40. The topological polar surface area (TPSA) is 112 Å². The van der Waals surface area contributed by atoms with Crippen LogP contribution in [0.3, 0.4) is 0 Å². The zero-order chi connectivity index (χ0) is 8.31. The van der Waals surface area contributed by atoms with Crippen LogP contribution < -0.4 is 0 Å². The van der Waals surface area contributed by atoms with Crippen LogP contribution in [0.2, 0.25) is 0 Å². The van der Waals surface area contributed by atoms with Crippen LogP contribution in [0.5, 0.6) is 0 Å². The zero-order valence-electron chi connectivity index (χ0n) is 4.57. The Balaban J connectivity index is 4.43. The number of hydrogen-bond donors (Lipinski definition) is 3. The van der Waals surface area contributed by atoms with Crippen molar-refractivity contribution in [3.05, 3.63) is 0 Å². The molecule has 0 saturated heterocycles. The molecule has 0 rings (SSSR count). The first-order chi connectivity index (χ1) is 4.46. The van der Waals surface area contributed by atoms with Gasteiger partial charge in [0.15, 0.2) is 0 Å². The maximum absolute atomic E-state index is 9.89. The van der Waals surface area contributed by atoms with Crippen molar-refractivity contribution in [2.45, 2.75) is 0 Å². The average Bonchev–Trinajstić information content (AvgIpc) is 1.59. The molecule has 0 aromatic heterocycles. The van der Waals surface area contributed by atoms with Crippen LogP contribution in [0.4, 0.5) is 14.4 Å². The van der Waals surface area contributed by atoms with E-state index >= 15 is 0 Å². The fraction of sp³-hybridized carbons (Fsp3) is 0. The standard InChI is InChI=1S/3CHO2.Ti/c3*2-1-3;/h3*(H,2,3);. The molecule has 0 heterocycles. The van der Waals surface area contributed by atoms with Crippen molar-refractivity contribution >= 4 is 12.8 Å². The molecule has 0 bridgehead atoms. The van der Waals surface area contributed by atoms with E-state index in [1.165, 1.54) is 0 Å². The molecule has 0 spiro atoms. The molecule has 55 valence electrons. The van der Waals surface area contributed by atoms with Crippen molar-refractivity contribution in [3.8, 4) is 0 Å². The molecular weight excluding hydrogens is 180 g/mol. The quantitative estimate of drug-likeness (QED) is 0.553. The molecular formula is C3H3O6Ti. The third kappa shape index (κ3) is 2.16. The summed E-state index contributed by atoms with van der Waals surface area (Å²) in [6, 6.07) is 0. The van der Waals surface area contributed by atoms with Crippen molar-refractivity contribution in [2.75, 3.05) is 0 Å². The summed E-state index contributed by atoms with van der Waals surface area (Å²) in [5.41, 5.74) is 0. The third-order valence-corrected chi connectivity index (χ3v) is 2.65. The first kappa shape index (κ1) is 9.12. The van der Waals surface area contributed by atoms with E-state index in [-0.39, 0.29) is 0 Å². The molecule has 0 amide bonds. The minimum absolute atomic E-state index is 1.71. The molecule has 0 aliphatic carbocycles. The van der Waals surface area contributed by atoms with E-state index < -0.39 is 30.7 Å². The van der Waals surface area contributed by atoms with Crippen LogP contribution in [0.1, 0.15) is 0 Å². The van der Waals surface area contributed by atoms with E-state index in [2.05, 4.69) is 0 Å². The summed E-state index contributed by atoms with van der Waals surface area (Å²) in [4.78, 5) is 29.7. The van der Waals surface area contributed by atoms with Gasteiger partial charge in [0.05, 0.1) is 0 Å². The minimum atomic E-state index is -3.97. The van der Waals surface area contributed by atoms with Crippen LogP contribution in [-0.4, -0.2) is 28.1 Å². The second-order valence-electron chi connectivity index (χ2n) is 1.29.